The molecule has 0 aliphatic heterocycles. The molecule has 196 valence electrons. The number of rotatable bonds is 10. The van der Waals surface area contributed by atoms with Crippen LogP contribution in [0, 0.1) is 52.8 Å². The molecule has 6 nitrogen and oxygen atoms in total. The van der Waals surface area contributed by atoms with Gasteiger partial charge in [0.2, 0.25) is 5.91 Å². The molecule has 4 aliphatic carbocycles. The molecule has 4 rings (SSSR count). The van der Waals surface area contributed by atoms with Crippen molar-refractivity contribution in [3.63, 3.8) is 0 Å². The van der Waals surface area contributed by atoms with Gasteiger partial charge in [0.15, 0.2) is 0 Å². The van der Waals surface area contributed by atoms with E-state index in [9.17, 15) is 4.79 Å². The Morgan fingerprint density at radius 3 is 2.86 bits per heavy atom. The number of allylic oxidation sites excluding steroid dienone is 1. The number of carbonyl (C=O) groups is 1. The zero-order valence-corrected chi connectivity index (χ0v) is 21.9. The van der Waals surface area contributed by atoms with E-state index in [1.807, 2.05) is 0 Å². The van der Waals surface area contributed by atoms with Gasteiger partial charge in [-0.25, -0.2) is 10.1 Å². The van der Waals surface area contributed by atoms with Crippen molar-refractivity contribution in [2.75, 3.05) is 19.8 Å². The summed E-state index contributed by atoms with van der Waals surface area (Å²) in [6.07, 6.45) is 18.5. The van der Waals surface area contributed by atoms with Gasteiger partial charge in [0.25, 0.3) is 0 Å². The summed E-state index contributed by atoms with van der Waals surface area (Å²) in [4.78, 5) is 17.4. The van der Waals surface area contributed by atoms with Crippen molar-refractivity contribution in [1.29, 1.82) is 0 Å². The minimum atomic E-state index is -0.0332. The van der Waals surface area contributed by atoms with Gasteiger partial charge in [-0.3, -0.25) is 4.79 Å². The van der Waals surface area contributed by atoms with E-state index in [0.29, 0.717) is 43.4 Å². The highest BCUT2D eigenvalue weighted by molar-refractivity contribution is 5.75. The van der Waals surface area contributed by atoms with Gasteiger partial charge in [0.1, 0.15) is 6.61 Å². The van der Waals surface area contributed by atoms with E-state index >= 15 is 0 Å². The smallest absolute Gasteiger partial charge is 0.220 e. The lowest BCUT2D eigenvalue weighted by Crippen LogP contribution is -2.51. The molecule has 0 radical (unpaired) electrons. The standard InChI is InChI=1S/C29H45NO5/c1-5-17-33-18-16-30-27(31)11-6-20(2)24-9-10-25-23-8-7-21-19-22(34-35-32)12-14-28(21,3)26(23)13-15-29(24,25)4/h1,7,20,22-26,32H,6,8-19H2,2-4H3,(H,30,31). The Morgan fingerprint density at radius 1 is 1.26 bits per heavy atom. The van der Waals surface area contributed by atoms with Crippen molar-refractivity contribution in [3.8, 4) is 12.3 Å². The molecule has 0 aromatic heterocycles. The number of ether oxygens (including phenoxy) is 1. The quantitative estimate of drug-likeness (QED) is 0.139. The number of hydrogen-bond acceptors (Lipinski definition) is 5. The third-order valence-electron chi connectivity index (χ3n) is 10.6. The molecule has 6 heteroatoms. The van der Waals surface area contributed by atoms with Gasteiger partial charge in [-0.2, -0.15) is 0 Å². The van der Waals surface area contributed by atoms with E-state index in [1.54, 1.807) is 0 Å². The van der Waals surface area contributed by atoms with Gasteiger partial charge in [-0.15, -0.1) is 6.42 Å². The van der Waals surface area contributed by atoms with E-state index in [2.05, 4.69) is 43.1 Å². The summed E-state index contributed by atoms with van der Waals surface area (Å²) in [7, 11) is 0. The zero-order valence-electron chi connectivity index (χ0n) is 21.9. The number of amides is 1. The van der Waals surface area contributed by atoms with Crippen LogP contribution in [0.4, 0.5) is 0 Å². The molecule has 3 fully saturated rings. The van der Waals surface area contributed by atoms with Crippen LogP contribution in [0.3, 0.4) is 0 Å². The van der Waals surface area contributed by atoms with Crippen LogP contribution in [-0.2, 0) is 19.5 Å². The average Bonchev–Trinajstić information content (AvgIpc) is 3.20. The summed E-state index contributed by atoms with van der Waals surface area (Å²) < 4.78 is 5.24. The molecule has 3 saturated carbocycles. The van der Waals surface area contributed by atoms with Crippen molar-refractivity contribution in [2.24, 2.45) is 40.4 Å². The molecule has 8 atom stereocenters. The highest BCUT2D eigenvalue weighted by atomic mass is 17.5. The Balaban J connectivity index is 1.34. The number of terminal acetylenes is 1. The van der Waals surface area contributed by atoms with E-state index in [4.69, 9.17) is 21.3 Å². The fourth-order valence-corrected chi connectivity index (χ4v) is 8.79. The molecule has 2 N–H and O–H groups in total. The second-order valence-corrected chi connectivity index (χ2v) is 12.1. The highest BCUT2D eigenvalue weighted by Crippen LogP contribution is 2.67. The molecule has 8 unspecified atom stereocenters. The molecule has 0 aromatic carbocycles. The summed E-state index contributed by atoms with van der Waals surface area (Å²) in [6, 6.07) is 0. The maximum Gasteiger partial charge on any atom is 0.220 e. The van der Waals surface area contributed by atoms with Crippen LogP contribution in [0.5, 0.6) is 0 Å². The van der Waals surface area contributed by atoms with Crippen molar-refractivity contribution in [1.82, 2.24) is 5.32 Å². The van der Waals surface area contributed by atoms with Gasteiger partial charge >= 0.3 is 0 Å². The largest absolute Gasteiger partial charge is 0.367 e. The highest BCUT2D eigenvalue weighted by Gasteiger charge is 2.59. The molecule has 0 bridgehead atoms. The number of fused-ring (bicyclic) bond motifs is 5. The monoisotopic (exact) mass is 487 g/mol. The van der Waals surface area contributed by atoms with Crippen LogP contribution in [0.15, 0.2) is 11.6 Å². The Labute approximate surface area is 211 Å². The third-order valence-corrected chi connectivity index (χ3v) is 10.6. The summed E-state index contributed by atoms with van der Waals surface area (Å²) in [5.41, 5.74) is 2.16. The summed E-state index contributed by atoms with van der Waals surface area (Å²) >= 11 is 0. The third kappa shape index (κ3) is 5.34. The van der Waals surface area contributed by atoms with Crippen molar-refractivity contribution in [2.45, 2.75) is 91.1 Å². The summed E-state index contributed by atoms with van der Waals surface area (Å²) in [6.45, 7) is 8.71. The molecule has 0 aromatic rings. The first-order chi connectivity index (χ1) is 16.8. The van der Waals surface area contributed by atoms with Crippen LogP contribution in [-0.4, -0.2) is 37.0 Å². The minimum Gasteiger partial charge on any atom is -0.367 e. The minimum absolute atomic E-state index is 0.0332. The molecule has 35 heavy (non-hydrogen) atoms. The molecule has 0 saturated heterocycles. The predicted molar refractivity (Wildman–Crippen MR) is 135 cm³/mol. The molecule has 0 heterocycles. The fraction of sp³-hybridized carbons (Fsp3) is 0.828. The second kappa shape index (κ2) is 11.3. The topological polar surface area (TPSA) is 77.0 Å². The summed E-state index contributed by atoms with van der Waals surface area (Å²) in [5, 5.41) is 15.7. The molecular formula is C29H45NO5. The lowest BCUT2D eigenvalue weighted by Gasteiger charge is -2.58. The Kier molecular flexibility index (Phi) is 8.64. The first-order valence-corrected chi connectivity index (χ1v) is 13.8. The second-order valence-electron chi connectivity index (χ2n) is 12.1. The lowest BCUT2D eigenvalue weighted by atomic mass is 9.47. The first-order valence-electron chi connectivity index (χ1n) is 13.8. The molecule has 1 amide bonds. The Morgan fingerprint density at radius 2 is 2.09 bits per heavy atom. The van der Waals surface area contributed by atoms with E-state index in [-0.39, 0.29) is 17.4 Å². The average molecular weight is 488 g/mol. The van der Waals surface area contributed by atoms with Crippen LogP contribution >= 0.6 is 0 Å². The maximum atomic E-state index is 12.3. The van der Waals surface area contributed by atoms with E-state index in [1.165, 1.54) is 37.7 Å². The molecule has 0 spiro atoms. The van der Waals surface area contributed by atoms with E-state index in [0.717, 1.165) is 43.4 Å². The van der Waals surface area contributed by atoms with Crippen molar-refractivity contribution >= 4 is 5.91 Å². The fourth-order valence-electron chi connectivity index (χ4n) is 8.79. The van der Waals surface area contributed by atoms with Crippen LogP contribution in [0.1, 0.15) is 85.0 Å². The lowest BCUT2D eigenvalue weighted by molar-refractivity contribution is -0.507. The van der Waals surface area contributed by atoms with Gasteiger partial charge in [0, 0.05) is 13.0 Å². The predicted octanol–water partition coefficient (Wildman–Crippen LogP) is 5.54. The summed E-state index contributed by atoms with van der Waals surface area (Å²) in [5.74, 6) is 6.09. The first kappa shape index (κ1) is 26.7. The van der Waals surface area contributed by atoms with E-state index < -0.39 is 0 Å². The Bertz CT molecular complexity index is 820. The maximum absolute atomic E-state index is 12.3. The Hall–Kier alpha value is -1.39. The van der Waals surface area contributed by atoms with Crippen LogP contribution in [0.2, 0.25) is 0 Å². The van der Waals surface area contributed by atoms with Gasteiger partial charge in [-0.1, -0.05) is 43.4 Å². The van der Waals surface area contributed by atoms with Crippen molar-refractivity contribution in [3.05, 3.63) is 11.6 Å². The number of carbonyl (C=O) groups excluding carboxylic acids is 1. The zero-order chi connectivity index (χ0) is 25.1. The number of nitrogens with one attached hydrogen (secondary N) is 1. The number of hydrogen-bond donors (Lipinski definition) is 2. The van der Waals surface area contributed by atoms with Crippen LogP contribution < -0.4 is 5.32 Å². The molecular weight excluding hydrogens is 442 g/mol. The molecule has 4 aliphatic rings. The van der Waals surface area contributed by atoms with Gasteiger partial charge in [0.05, 0.1) is 12.7 Å². The van der Waals surface area contributed by atoms with Gasteiger partial charge < -0.3 is 10.1 Å². The van der Waals surface area contributed by atoms with Crippen LogP contribution in [0.25, 0.3) is 0 Å². The van der Waals surface area contributed by atoms with Gasteiger partial charge in [-0.05, 0) is 98.2 Å². The van der Waals surface area contributed by atoms with Crippen molar-refractivity contribution < 1.29 is 24.7 Å². The SMILES string of the molecule is C#CCOCCNC(=O)CCC(C)C1CCC2C3CC=C4CC(OOO)CCC4(C)C3CCC12C. The normalized spacial score (nSPS) is 38.9.